The van der Waals surface area contributed by atoms with Crippen molar-refractivity contribution in [2.45, 2.75) is 4.90 Å². The highest BCUT2D eigenvalue weighted by Crippen LogP contribution is 2.28. The fourth-order valence-corrected chi connectivity index (χ4v) is 3.76. The summed E-state index contributed by atoms with van der Waals surface area (Å²) in [4.78, 5) is 9.85. The Morgan fingerprint density at radius 1 is 1.32 bits per heavy atom. The van der Waals surface area contributed by atoms with E-state index in [2.05, 4.69) is 5.32 Å². The lowest BCUT2D eigenvalue weighted by Crippen LogP contribution is -2.46. The van der Waals surface area contributed by atoms with E-state index in [9.17, 15) is 18.5 Å². The van der Waals surface area contributed by atoms with E-state index in [4.69, 9.17) is 11.6 Å². The highest BCUT2D eigenvalue weighted by Gasteiger charge is 2.29. The summed E-state index contributed by atoms with van der Waals surface area (Å²) in [5.74, 6) is 0. The van der Waals surface area contributed by atoms with Gasteiger partial charge in [-0.3, -0.25) is 10.1 Å². The SMILES string of the molecule is O=[N+]([O-])c1ccc(Cl)c(S(=O)(=O)N2CCNCC2)c1. The summed E-state index contributed by atoms with van der Waals surface area (Å²) in [6.07, 6.45) is 0. The van der Waals surface area contributed by atoms with E-state index >= 15 is 0 Å². The molecule has 1 heterocycles. The van der Waals surface area contributed by atoms with Crippen LogP contribution >= 0.6 is 11.6 Å². The second-order valence-corrected chi connectivity index (χ2v) is 6.34. The molecule has 2 rings (SSSR count). The van der Waals surface area contributed by atoms with Crippen molar-refractivity contribution >= 4 is 27.3 Å². The van der Waals surface area contributed by atoms with Crippen LogP contribution in [0.3, 0.4) is 0 Å². The Labute approximate surface area is 115 Å². The van der Waals surface area contributed by atoms with Gasteiger partial charge in [0.05, 0.1) is 9.95 Å². The van der Waals surface area contributed by atoms with Gasteiger partial charge in [0.15, 0.2) is 0 Å². The highest BCUT2D eigenvalue weighted by molar-refractivity contribution is 7.89. The van der Waals surface area contributed by atoms with Gasteiger partial charge in [-0.1, -0.05) is 11.6 Å². The van der Waals surface area contributed by atoms with Crippen LogP contribution in [0.2, 0.25) is 5.02 Å². The molecule has 0 saturated carbocycles. The summed E-state index contributed by atoms with van der Waals surface area (Å²) in [6, 6.07) is 3.41. The van der Waals surface area contributed by atoms with Crippen molar-refractivity contribution in [2.75, 3.05) is 26.2 Å². The zero-order valence-electron chi connectivity index (χ0n) is 9.87. The summed E-state index contributed by atoms with van der Waals surface area (Å²) in [7, 11) is -3.79. The minimum Gasteiger partial charge on any atom is -0.314 e. The van der Waals surface area contributed by atoms with Crippen molar-refractivity contribution in [3.05, 3.63) is 33.3 Å². The van der Waals surface area contributed by atoms with Crippen LogP contribution < -0.4 is 5.32 Å². The molecule has 7 nitrogen and oxygen atoms in total. The van der Waals surface area contributed by atoms with Crippen molar-refractivity contribution in [1.29, 1.82) is 0 Å². The number of sulfonamides is 1. The standard InChI is InChI=1S/C10H12ClN3O4S/c11-9-2-1-8(14(15)16)7-10(9)19(17,18)13-5-3-12-4-6-13/h1-2,7,12H,3-6H2. The number of piperazine rings is 1. The highest BCUT2D eigenvalue weighted by atomic mass is 35.5. The van der Waals surface area contributed by atoms with Gasteiger partial charge >= 0.3 is 0 Å². The zero-order valence-corrected chi connectivity index (χ0v) is 11.4. The van der Waals surface area contributed by atoms with Gasteiger partial charge < -0.3 is 5.32 Å². The lowest BCUT2D eigenvalue weighted by atomic mass is 10.3. The van der Waals surface area contributed by atoms with Crippen LogP contribution in [0.4, 0.5) is 5.69 Å². The number of nitro groups is 1. The first kappa shape index (κ1) is 14.2. The van der Waals surface area contributed by atoms with Gasteiger partial charge in [-0.15, -0.1) is 0 Å². The summed E-state index contributed by atoms with van der Waals surface area (Å²) < 4.78 is 26.0. The summed E-state index contributed by atoms with van der Waals surface area (Å²) in [5.41, 5.74) is -0.293. The summed E-state index contributed by atoms with van der Waals surface area (Å²) in [6.45, 7) is 1.74. The van der Waals surface area contributed by atoms with Crippen molar-refractivity contribution < 1.29 is 13.3 Å². The largest absolute Gasteiger partial charge is 0.314 e. The Hall–Kier alpha value is -1.22. The van der Waals surface area contributed by atoms with Crippen LogP contribution in [0.1, 0.15) is 0 Å². The minimum absolute atomic E-state index is 0.0101. The molecular weight excluding hydrogens is 294 g/mol. The Morgan fingerprint density at radius 3 is 2.53 bits per heavy atom. The van der Waals surface area contributed by atoms with Crippen molar-refractivity contribution in [2.24, 2.45) is 0 Å². The predicted octanol–water partition coefficient (Wildman–Crippen LogP) is 0.842. The van der Waals surface area contributed by atoms with Crippen molar-refractivity contribution in [1.82, 2.24) is 9.62 Å². The molecule has 0 amide bonds. The molecular formula is C10H12ClN3O4S. The number of hydrogen-bond acceptors (Lipinski definition) is 5. The number of hydrogen-bond donors (Lipinski definition) is 1. The third kappa shape index (κ3) is 2.86. The maximum absolute atomic E-state index is 12.4. The molecule has 1 saturated heterocycles. The Bertz CT molecular complexity index is 599. The molecule has 19 heavy (non-hydrogen) atoms. The predicted molar refractivity (Wildman–Crippen MR) is 69.7 cm³/mol. The van der Waals surface area contributed by atoms with E-state index < -0.39 is 14.9 Å². The third-order valence-corrected chi connectivity index (χ3v) is 5.20. The molecule has 9 heteroatoms. The second kappa shape index (κ2) is 5.41. The monoisotopic (exact) mass is 305 g/mol. The fourth-order valence-electron chi connectivity index (χ4n) is 1.83. The molecule has 0 atom stereocenters. The zero-order chi connectivity index (χ0) is 14.0. The number of benzene rings is 1. The molecule has 1 aromatic rings. The molecule has 0 radical (unpaired) electrons. The quantitative estimate of drug-likeness (QED) is 0.660. The number of rotatable bonds is 3. The smallest absolute Gasteiger partial charge is 0.270 e. The first-order valence-corrected chi connectivity index (χ1v) is 7.39. The molecule has 0 bridgehead atoms. The van der Waals surface area contributed by atoms with E-state index in [0.29, 0.717) is 26.2 Å². The van der Waals surface area contributed by atoms with Crippen molar-refractivity contribution in [3.8, 4) is 0 Å². The third-order valence-electron chi connectivity index (χ3n) is 2.82. The fraction of sp³-hybridized carbons (Fsp3) is 0.400. The molecule has 1 N–H and O–H groups in total. The molecule has 0 spiro atoms. The summed E-state index contributed by atoms with van der Waals surface area (Å²) in [5, 5.41) is 13.7. The lowest BCUT2D eigenvalue weighted by Gasteiger charge is -2.26. The molecule has 104 valence electrons. The average Bonchev–Trinajstić information content (AvgIpc) is 2.39. The van der Waals surface area contributed by atoms with Crippen molar-refractivity contribution in [3.63, 3.8) is 0 Å². The van der Waals surface area contributed by atoms with E-state index in [0.717, 1.165) is 6.07 Å². The average molecular weight is 306 g/mol. The Morgan fingerprint density at radius 2 is 1.95 bits per heavy atom. The van der Waals surface area contributed by atoms with Gasteiger partial charge in [0.2, 0.25) is 10.0 Å². The lowest BCUT2D eigenvalue weighted by molar-refractivity contribution is -0.385. The second-order valence-electron chi connectivity index (χ2n) is 4.03. The Balaban J connectivity index is 2.44. The maximum atomic E-state index is 12.4. The van der Waals surface area contributed by atoms with Gasteiger partial charge in [0.25, 0.3) is 5.69 Å². The van der Waals surface area contributed by atoms with Crippen LogP contribution in [-0.4, -0.2) is 43.8 Å². The van der Waals surface area contributed by atoms with Crippen LogP contribution in [0, 0.1) is 10.1 Å². The molecule has 1 aliphatic heterocycles. The molecule has 0 aliphatic carbocycles. The summed E-state index contributed by atoms with van der Waals surface area (Å²) >= 11 is 5.86. The van der Waals surface area contributed by atoms with E-state index in [1.807, 2.05) is 0 Å². The van der Waals surface area contributed by atoms with Gasteiger partial charge in [0, 0.05) is 38.3 Å². The van der Waals surface area contributed by atoms with Gasteiger partial charge in [-0.05, 0) is 6.07 Å². The number of nitrogens with zero attached hydrogens (tertiary/aromatic N) is 2. The number of nitrogens with one attached hydrogen (secondary N) is 1. The molecule has 1 aliphatic rings. The van der Waals surface area contributed by atoms with Crippen LogP contribution in [-0.2, 0) is 10.0 Å². The number of non-ortho nitro benzene ring substituents is 1. The topological polar surface area (TPSA) is 92.5 Å². The first-order chi connectivity index (χ1) is 8.93. The van der Waals surface area contributed by atoms with Gasteiger partial charge in [0.1, 0.15) is 4.90 Å². The number of halogens is 1. The van der Waals surface area contributed by atoms with Crippen LogP contribution in [0.25, 0.3) is 0 Å². The molecule has 1 aromatic carbocycles. The molecule has 0 unspecified atom stereocenters. The maximum Gasteiger partial charge on any atom is 0.270 e. The van der Waals surface area contributed by atoms with Gasteiger partial charge in [-0.25, -0.2) is 8.42 Å². The minimum atomic E-state index is -3.79. The normalized spacial score (nSPS) is 17.3. The van der Waals surface area contributed by atoms with Crippen LogP contribution in [0.15, 0.2) is 23.1 Å². The van der Waals surface area contributed by atoms with E-state index in [-0.39, 0.29) is 15.6 Å². The number of nitro benzene ring substituents is 1. The van der Waals surface area contributed by atoms with Gasteiger partial charge in [-0.2, -0.15) is 4.31 Å². The molecule has 0 aromatic heterocycles. The van der Waals surface area contributed by atoms with Crippen LogP contribution in [0.5, 0.6) is 0 Å². The first-order valence-electron chi connectivity index (χ1n) is 5.58. The van der Waals surface area contributed by atoms with E-state index in [1.54, 1.807) is 0 Å². The Kier molecular flexibility index (Phi) is 4.04. The van der Waals surface area contributed by atoms with E-state index in [1.165, 1.54) is 16.4 Å². The molecule has 1 fully saturated rings.